The van der Waals surface area contributed by atoms with Crippen LogP contribution in [-0.2, 0) is 0 Å². The second-order valence-electron chi connectivity index (χ2n) is 6.01. The maximum Gasteiger partial charge on any atom is 0.298 e. The lowest BCUT2D eigenvalue weighted by Gasteiger charge is -2.23. The highest BCUT2D eigenvalue weighted by atomic mass is 16.4. The normalized spacial score (nSPS) is 19.4. The van der Waals surface area contributed by atoms with Crippen LogP contribution in [0, 0.1) is 5.92 Å². The van der Waals surface area contributed by atoms with Crippen molar-refractivity contribution in [2.75, 3.05) is 24.5 Å². The molecule has 108 valence electrons. The zero-order chi connectivity index (χ0) is 13.9. The second-order valence-corrected chi connectivity index (χ2v) is 6.01. The summed E-state index contributed by atoms with van der Waals surface area (Å²) in [4.78, 5) is 6.93. The van der Waals surface area contributed by atoms with Gasteiger partial charge in [-0.25, -0.2) is 0 Å². The fourth-order valence-corrected chi connectivity index (χ4v) is 2.82. The van der Waals surface area contributed by atoms with Gasteiger partial charge in [-0.2, -0.15) is 4.98 Å². The summed E-state index contributed by atoms with van der Waals surface area (Å²) in [5.74, 6) is 0.689. The third-order valence-corrected chi connectivity index (χ3v) is 3.84. The summed E-state index contributed by atoms with van der Waals surface area (Å²) in [6.45, 7) is 7.59. The van der Waals surface area contributed by atoms with Gasteiger partial charge >= 0.3 is 0 Å². The zero-order valence-electron chi connectivity index (χ0n) is 12.3. The number of oxazole rings is 1. The Morgan fingerprint density at radius 2 is 2.25 bits per heavy atom. The molecule has 1 aliphatic rings. The molecule has 4 heteroatoms. The average Bonchev–Trinajstić information content (AvgIpc) is 3.03. The Morgan fingerprint density at radius 1 is 1.40 bits per heavy atom. The second kappa shape index (κ2) is 5.83. The smallest absolute Gasteiger partial charge is 0.298 e. The zero-order valence-corrected chi connectivity index (χ0v) is 12.3. The predicted molar refractivity (Wildman–Crippen MR) is 82.1 cm³/mol. The third kappa shape index (κ3) is 2.80. The quantitative estimate of drug-likeness (QED) is 0.909. The maximum absolute atomic E-state index is 5.90. The van der Waals surface area contributed by atoms with Crippen molar-refractivity contribution >= 4 is 17.1 Å². The SMILES string of the molecule is CC(C)CNCC1CCCN1c1nc2ccccc2o1. The van der Waals surface area contributed by atoms with Crippen LogP contribution >= 0.6 is 0 Å². The van der Waals surface area contributed by atoms with Crippen LogP contribution in [0.2, 0.25) is 0 Å². The van der Waals surface area contributed by atoms with E-state index in [4.69, 9.17) is 4.42 Å². The number of para-hydroxylation sites is 2. The molecule has 1 aromatic heterocycles. The minimum atomic E-state index is 0.502. The molecule has 1 unspecified atom stereocenters. The van der Waals surface area contributed by atoms with Gasteiger partial charge < -0.3 is 14.6 Å². The Hall–Kier alpha value is -1.55. The van der Waals surface area contributed by atoms with E-state index in [1.165, 1.54) is 12.8 Å². The molecule has 2 heterocycles. The largest absolute Gasteiger partial charge is 0.423 e. The van der Waals surface area contributed by atoms with Crippen molar-refractivity contribution in [3.63, 3.8) is 0 Å². The van der Waals surface area contributed by atoms with Crippen molar-refractivity contribution in [3.05, 3.63) is 24.3 Å². The molecule has 1 saturated heterocycles. The van der Waals surface area contributed by atoms with Crippen LogP contribution in [0.15, 0.2) is 28.7 Å². The number of aromatic nitrogens is 1. The number of nitrogens with zero attached hydrogens (tertiary/aromatic N) is 2. The van der Waals surface area contributed by atoms with E-state index in [0.717, 1.165) is 36.7 Å². The van der Waals surface area contributed by atoms with Gasteiger partial charge in [0.05, 0.1) is 0 Å². The number of hydrogen-bond acceptors (Lipinski definition) is 4. The molecule has 20 heavy (non-hydrogen) atoms. The van der Waals surface area contributed by atoms with Gasteiger partial charge in [0.25, 0.3) is 6.01 Å². The lowest BCUT2D eigenvalue weighted by Crippen LogP contribution is -2.39. The molecule has 0 spiro atoms. The molecule has 2 aromatic rings. The van der Waals surface area contributed by atoms with Crippen LogP contribution in [0.1, 0.15) is 26.7 Å². The van der Waals surface area contributed by atoms with Crippen LogP contribution in [0.3, 0.4) is 0 Å². The van der Waals surface area contributed by atoms with Gasteiger partial charge in [0.15, 0.2) is 5.58 Å². The van der Waals surface area contributed by atoms with Gasteiger partial charge in [0.2, 0.25) is 0 Å². The first kappa shape index (κ1) is 13.4. The molecule has 4 nitrogen and oxygen atoms in total. The van der Waals surface area contributed by atoms with Gasteiger partial charge in [0.1, 0.15) is 5.52 Å². The van der Waals surface area contributed by atoms with Gasteiger partial charge in [-0.1, -0.05) is 26.0 Å². The summed E-state index contributed by atoms with van der Waals surface area (Å²) in [7, 11) is 0. The van der Waals surface area contributed by atoms with Crippen LogP contribution in [0.5, 0.6) is 0 Å². The van der Waals surface area contributed by atoms with E-state index >= 15 is 0 Å². The number of rotatable bonds is 5. The number of fused-ring (bicyclic) bond motifs is 1. The highest BCUT2D eigenvalue weighted by molar-refractivity contribution is 5.74. The van der Waals surface area contributed by atoms with E-state index in [2.05, 4.69) is 29.0 Å². The third-order valence-electron chi connectivity index (χ3n) is 3.84. The molecule has 1 aromatic carbocycles. The lowest BCUT2D eigenvalue weighted by atomic mass is 10.2. The van der Waals surface area contributed by atoms with E-state index in [1.54, 1.807) is 0 Å². The Balaban J connectivity index is 1.71. The number of benzene rings is 1. The van der Waals surface area contributed by atoms with Crippen molar-refractivity contribution in [2.24, 2.45) is 5.92 Å². The summed E-state index contributed by atoms with van der Waals surface area (Å²) in [5, 5.41) is 3.55. The van der Waals surface area contributed by atoms with Crippen molar-refractivity contribution < 1.29 is 4.42 Å². The number of hydrogen-bond donors (Lipinski definition) is 1. The van der Waals surface area contributed by atoms with E-state index in [9.17, 15) is 0 Å². The monoisotopic (exact) mass is 273 g/mol. The molecule has 1 atom stereocenters. The van der Waals surface area contributed by atoms with Crippen molar-refractivity contribution in [3.8, 4) is 0 Å². The topological polar surface area (TPSA) is 41.3 Å². The number of nitrogens with one attached hydrogen (secondary N) is 1. The van der Waals surface area contributed by atoms with E-state index in [1.807, 2.05) is 24.3 Å². The van der Waals surface area contributed by atoms with Crippen LogP contribution in [0.25, 0.3) is 11.1 Å². The number of anilines is 1. The van der Waals surface area contributed by atoms with Crippen molar-refractivity contribution in [2.45, 2.75) is 32.7 Å². The van der Waals surface area contributed by atoms with E-state index < -0.39 is 0 Å². The molecular weight excluding hydrogens is 250 g/mol. The average molecular weight is 273 g/mol. The molecule has 0 amide bonds. The first-order chi connectivity index (χ1) is 9.74. The van der Waals surface area contributed by atoms with Gasteiger partial charge in [0, 0.05) is 19.1 Å². The Morgan fingerprint density at radius 3 is 3.05 bits per heavy atom. The van der Waals surface area contributed by atoms with Crippen LogP contribution in [0.4, 0.5) is 6.01 Å². The molecule has 1 fully saturated rings. The molecular formula is C16H23N3O. The van der Waals surface area contributed by atoms with Crippen LogP contribution in [-0.4, -0.2) is 30.7 Å². The molecule has 3 rings (SSSR count). The summed E-state index contributed by atoms with van der Waals surface area (Å²) in [5.41, 5.74) is 1.83. The van der Waals surface area contributed by atoms with E-state index in [0.29, 0.717) is 12.0 Å². The van der Waals surface area contributed by atoms with Crippen LogP contribution < -0.4 is 10.2 Å². The Labute approximate surface area is 120 Å². The minimum Gasteiger partial charge on any atom is -0.423 e. The minimum absolute atomic E-state index is 0.502. The highest BCUT2D eigenvalue weighted by Gasteiger charge is 2.27. The Bertz CT molecular complexity index is 531. The molecule has 0 saturated carbocycles. The molecule has 1 N–H and O–H groups in total. The fourth-order valence-electron chi connectivity index (χ4n) is 2.82. The van der Waals surface area contributed by atoms with E-state index in [-0.39, 0.29) is 0 Å². The van der Waals surface area contributed by atoms with Gasteiger partial charge in [-0.05, 0) is 37.4 Å². The summed E-state index contributed by atoms with van der Waals surface area (Å²) in [6.07, 6.45) is 2.43. The highest BCUT2D eigenvalue weighted by Crippen LogP contribution is 2.27. The predicted octanol–water partition coefficient (Wildman–Crippen LogP) is 3.04. The molecule has 0 radical (unpaired) electrons. The molecule has 0 bridgehead atoms. The first-order valence-corrected chi connectivity index (χ1v) is 7.57. The molecule has 0 aliphatic carbocycles. The molecule has 1 aliphatic heterocycles. The van der Waals surface area contributed by atoms with Gasteiger partial charge in [-0.15, -0.1) is 0 Å². The fraction of sp³-hybridized carbons (Fsp3) is 0.562. The van der Waals surface area contributed by atoms with Crippen molar-refractivity contribution in [1.82, 2.24) is 10.3 Å². The Kier molecular flexibility index (Phi) is 3.92. The maximum atomic E-state index is 5.90. The van der Waals surface area contributed by atoms with Gasteiger partial charge in [-0.3, -0.25) is 0 Å². The lowest BCUT2D eigenvalue weighted by molar-refractivity contribution is 0.491. The first-order valence-electron chi connectivity index (χ1n) is 7.57. The standard InChI is InChI=1S/C16H23N3O/c1-12(2)10-17-11-13-6-5-9-19(13)16-18-14-7-3-4-8-15(14)20-16/h3-4,7-8,12-13,17H,5-6,9-11H2,1-2H3. The summed E-state index contributed by atoms with van der Waals surface area (Å²) >= 11 is 0. The summed E-state index contributed by atoms with van der Waals surface area (Å²) < 4.78 is 5.90. The van der Waals surface area contributed by atoms with Crippen molar-refractivity contribution in [1.29, 1.82) is 0 Å². The summed E-state index contributed by atoms with van der Waals surface area (Å²) in [6, 6.07) is 9.25.